The number of ketones is 2. The van der Waals surface area contributed by atoms with E-state index in [4.69, 9.17) is 0 Å². The summed E-state index contributed by atoms with van der Waals surface area (Å²) < 4.78 is 43.5. The second-order valence-corrected chi connectivity index (χ2v) is 12.1. The Morgan fingerprint density at radius 1 is 0.711 bits per heavy atom. The van der Waals surface area contributed by atoms with E-state index in [1.165, 1.54) is 11.8 Å². The highest BCUT2D eigenvalue weighted by atomic mass is 79.9. The summed E-state index contributed by atoms with van der Waals surface area (Å²) >= 11 is 6.41. The number of carbonyl (C=O) groups excluding carboxylic acids is 2. The summed E-state index contributed by atoms with van der Waals surface area (Å²) in [5, 5.41) is 0. The Bertz CT molecular complexity index is 1650. The van der Waals surface area contributed by atoms with Gasteiger partial charge in [0.05, 0.1) is 5.56 Å². The number of hydrogen-bond acceptors (Lipinski definition) is 4. The first-order valence-corrected chi connectivity index (χ1v) is 14.5. The molecule has 2 aliphatic rings. The fourth-order valence-electron chi connectivity index (χ4n) is 5.00. The lowest BCUT2D eigenvalue weighted by atomic mass is 9.90. The second-order valence-electron chi connectivity index (χ2n) is 9.19. The topological polar surface area (TPSA) is 34.1 Å². The fraction of sp³-hybridized carbons (Fsp3) is 0.133. The smallest absolute Gasteiger partial charge is 0.289 e. The maximum Gasteiger partial charge on any atom is 0.417 e. The van der Waals surface area contributed by atoms with Crippen molar-refractivity contribution in [3.8, 4) is 0 Å². The molecule has 2 aliphatic heterocycles. The van der Waals surface area contributed by atoms with Crippen molar-refractivity contribution in [2.75, 3.05) is 0 Å². The number of carbonyl (C=O) groups is 2. The van der Waals surface area contributed by atoms with E-state index in [9.17, 15) is 22.8 Å². The van der Waals surface area contributed by atoms with Crippen LogP contribution in [-0.4, -0.2) is 11.6 Å². The average molecular weight is 612 g/mol. The lowest BCUT2D eigenvalue weighted by molar-refractivity contribution is -0.138. The minimum atomic E-state index is -4.67. The molecular formula is C30H18BrF3O2S2. The third-order valence-corrected chi connectivity index (χ3v) is 9.62. The van der Waals surface area contributed by atoms with Crippen LogP contribution in [0.3, 0.4) is 0 Å². The maximum atomic E-state index is 14.2. The molecule has 0 atom stereocenters. The summed E-state index contributed by atoms with van der Waals surface area (Å²) in [7, 11) is 0. The predicted molar refractivity (Wildman–Crippen MR) is 147 cm³/mol. The summed E-state index contributed by atoms with van der Waals surface area (Å²) in [6.07, 6.45) is -4.42. The van der Waals surface area contributed by atoms with E-state index in [2.05, 4.69) is 15.9 Å². The number of halogens is 4. The SMILES string of the molecule is O=C1c2ccc(Cc3cc4c(c(C(F)(F)F)c3)C(=O)c3ccccc3SC4)cc2SCc2cccc(Br)c21. The molecule has 0 aliphatic carbocycles. The molecule has 0 radical (unpaired) electrons. The molecule has 0 aromatic heterocycles. The molecule has 0 bridgehead atoms. The van der Waals surface area contributed by atoms with Gasteiger partial charge in [-0.1, -0.05) is 52.3 Å². The molecule has 0 saturated heterocycles. The Hall–Kier alpha value is -2.81. The average Bonchev–Trinajstić information content (AvgIpc) is 3.12. The normalized spacial score (nSPS) is 14.6. The summed E-state index contributed by atoms with van der Waals surface area (Å²) in [5.74, 6) is 0.230. The van der Waals surface area contributed by atoms with Crippen LogP contribution in [0.2, 0.25) is 0 Å². The molecule has 8 heteroatoms. The number of alkyl halides is 3. The van der Waals surface area contributed by atoms with Gasteiger partial charge in [-0.05, 0) is 65.1 Å². The van der Waals surface area contributed by atoms with Crippen LogP contribution >= 0.6 is 39.5 Å². The number of benzene rings is 4. The highest BCUT2D eigenvalue weighted by Gasteiger charge is 2.38. The van der Waals surface area contributed by atoms with Crippen molar-refractivity contribution in [3.05, 3.63) is 127 Å². The minimum Gasteiger partial charge on any atom is -0.289 e. The third-order valence-electron chi connectivity index (χ3n) is 6.74. The molecule has 2 heterocycles. The van der Waals surface area contributed by atoms with E-state index in [0.717, 1.165) is 26.6 Å². The molecule has 0 fully saturated rings. The first-order chi connectivity index (χ1) is 18.2. The van der Waals surface area contributed by atoms with Crippen LogP contribution in [-0.2, 0) is 24.1 Å². The second kappa shape index (κ2) is 9.74. The van der Waals surface area contributed by atoms with Crippen molar-refractivity contribution in [1.82, 2.24) is 0 Å². The Balaban J connectivity index is 1.38. The number of thioether (sulfide) groups is 2. The van der Waals surface area contributed by atoms with Crippen LogP contribution < -0.4 is 0 Å². The maximum absolute atomic E-state index is 14.2. The first kappa shape index (κ1) is 25.5. The van der Waals surface area contributed by atoms with Crippen LogP contribution in [0.15, 0.2) is 87.1 Å². The van der Waals surface area contributed by atoms with Crippen molar-refractivity contribution >= 4 is 51.0 Å². The van der Waals surface area contributed by atoms with Gasteiger partial charge < -0.3 is 0 Å². The molecule has 0 unspecified atom stereocenters. The zero-order valence-corrected chi connectivity index (χ0v) is 22.9. The van der Waals surface area contributed by atoms with Crippen LogP contribution in [0.1, 0.15) is 59.7 Å². The molecule has 2 nitrogen and oxygen atoms in total. The Morgan fingerprint density at radius 2 is 1.42 bits per heavy atom. The Kier molecular flexibility index (Phi) is 6.53. The summed E-state index contributed by atoms with van der Waals surface area (Å²) in [6, 6.07) is 20.8. The molecule has 0 saturated carbocycles. The van der Waals surface area contributed by atoms with Crippen molar-refractivity contribution in [1.29, 1.82) is 0 Å². The van der Waals surface area contributed by atoms with Crippen LogP contribution in [0.5, 0.6) is 0 Å². The quantitative estimate of drug-likeness (QED) is 0.227. The summed E-state index contributed by atoms with van der Waals surface area (Å²) in [4.78, 5) is 28.0. The van der Waals surface area contributed by atoms with Gasteiger partial charge in [-0.15, -0.1) is 23.5 Å². The highest BCUT2D eigenvalue weighted by Crippen LogP contribution is 2.42. The van der Waals surface area contributed by atoms with Crippen molar-refractivity contribution < 1.29 is 22.8 Å². The van der Waals surface area contributed by atoms with Gasteiger partial charge in [0.2, 0.25) is 0 Å². The van der Waals surface area contributed by atoms with Gasteiger partial charge >= 0.3 is 6.18 Å². The highest BCUT2D eigenvalue weighted by molar-refractivity contribution is 9.10. The lowest BCUT2D eigenvalue weighted by Crippen LogP contribution is -2.16. The predicted octanol–water partition coefficient (Wildman–Crippen LogP) is 8.73. The van der Waals surface area contributed by atoms with Crippen LogP contribution in [0.4, 0.5) is 13.2 Å². The minimum absolute atomic E-state index is 0.0708. The zero-order valence-electron chi connectivity index (χ0n) is 19.7. The molecule has 6 rings (SSSR count). The van der Waals surface area contributed by atoms with E-state index in [0.29, 0.717) is 38.5 Å². The van der Waals surface area contributed by atoms with E-state index >= 15 is 0 Å². The first-order valence-electron chi connectivity index (χ1n) is 11.8. The van der Waals surface area contributed by atoms with Gasteiger partial charge in [-0.2, -0.15) is 13.2 Å². The Morgan fingerprint density at radius 3 is 2.24 bits per heavy atom. The van der Waals surface area contributed by atoms with Gasteiger partial charge in [-0.3, -0.25) is 9.59 Å². The molecule has 0 N–H and O–H groups in total. The van der Waals surface area contributed by atoms with Gasteiger partial charge in [-0.25, -0.2) is 0 Å². The third kappa shape index (κ3) is 4.52. The standard InChI is InChI=1S/C30H18BrF3O2S2/c31-23-6-3-4-18-14-38-25-13-16(8-9-21(25)29(36)27(18)23)10-17-11-19-15-37-24-7-2-1-5-20(24)28(35)26(19)22(12-17)30(32,33)34/h1-9,11-13H,10,14-15H2. The molecule has 38 heavy (non-hydrogen) atoms. The van der Waals surface area contributed by atoms with Gasteiger partial charge in [0.25, 0.3) is 0 Å². The summed E-state index contributed by atoms with van der Waals surface area (Å²) in [6.45, 7) is 0. The van der Waals surface area contributed by atoms with Crippen LogP contribution in [0, 0.1) is 0 Å². The lowest BCUT2D eigenvalue weighted by Gasteiger charge is -2.17. The van der Waals surface area contributed by atoms with E-state index in [-0.39, 0.29) is 23.5 Å². The zero-order chi connectivity index (χ0) is 26.6. The van der Waals surface area contributed by atoms with Gasteiger partial charge in [0.1, 0.15) is 0 Å². The van der Waals surface area contributed by atoms with Crippen molar-refractivity contribution in [3.63, 3.8) is 0 Å². The van der Waals surface area contributed by atoms with Crippen LogP contribution in [0.25, 0.3) is 0 Å². The van der Waals surface area contributed by atoms with Crippen molar-refractivity contribution in [2.45, 2.75) is 33.9 Å². The van der Waals surface area contributed by atoms with Crippen molar-refractivity contribution in [2.24, 2.45) is 0 Å². The largest absolute Gasteiger partial charge is 0.417 e. The van der Waals surface area contributed by atoms with Gasteiger partial charge in [0, 0.05) is 48.0 Å². The molecule has 4 aromatic rings. The van der Waals surface area contributed by atoms with E-state index in [1.54, 1.807) is 54.2 Å². The Labute approximate surface area is 234 Å². The molecule has 190 valence electrons. The van der Waals surface area contributed by atoms with E-state index in [1.807, 2.05) is 24.3 Å². The fourth-order valence-corrected chi connectivity index (χ4v) is 7.72. The molecule has 0 amide bonds. The number of fused-ring (bicyclic) bond motifs is 4. The number of hydrogen-bond donors (Lipinski definition) is 0. The molecule has 0 spiro atoms. The summed E-state index contributed by atoms with van der Waals surface area (Å²) in [5.41, 5.74) is 2.99. The molecule has 4 aromatic carbocycles. The van der Waals surface area contributed by atoms with E-state index < -0.39 is 17.5 Å². The molecular weight excluding hydrogens is 593 g/mol. The number of rotatable bonds is 2. The monoisotopic (exact) mass is 610 g/mol. The van der Waals surface area contributed by atoms with Gasteiger partial charge in [0.15, 0.2) is 11.6 Å².